The molecule has 1 aliphatic rings. The number of hydrogen-bond donors (Lipinski definition) is 0. The molecule has 0 aliphatic carbocycles. The number of piperidine rings is 1. The molecule has 3 heterocycles. The molecule has 1 aliphatic heterocycles. The summed E-state index contributed by atoms with van der Waals surface area (Å²) in [4.78, 5) is 14.3. The average Bonchev–Trinajstić information content (AvgIpc) is 3.13. The Morgan fingerprint density at radius 1 is 1.11 bits per heavy atom. The zero-order valence-corrected chi connectivity index (χ0v) is 15.5. The van der Waals surface area contributed by atoms with Crippen LogP contribution in [0.3, 0.4) is 0 Å². The molecule has 7 nitrogen and oxygen atoms in total. The number of hydrogen-bond acceptors (Lipinski definition) is 6. The van der Waals surface area contributed by atoms with E-state index in [-0.39, 0.29) is 24.1 Å². The predicted octanol–water partition coefficient (Wildman–Crippen LogP) is 2.92. The van der Waals surface area contributed by atoms with E-state index in [4.69, 9.17) is 0 Å². The molecule has 0 saturated carbocycles. The van der Waals surface area contributed by atoms with Gasteiger partial charge in [-0.1, -0.05) is 10.3 Å². The first-order chi connectivity index (χ1) is 13.6. The molecular weight excluding hydrogens is 361 g/mol. The van der Waals surface area contributed by atoms with E-state index in [1.165, 1.54) is 12.1 Å². The Morgan fingerprint density at radius 3 is 2.46 bits per heavy atom. The first-order valence-corrected chi connectivity index (χ1v) is 9.25. The van der Waals surface area contributed by atoms with Crippen molar-refractivity contribution in [2.45, 2.75) is 32.1 Å². The van der Waals surface area contributed by atoms with Crippen LogP contribution in [0, 0.1) is 12.7 Å². The fourth-order valence-corrected chi connectivity index (χ4v) is 3.42. The minimum Gasteiger partial charge on any atom is -0.342 e. The first kappa shape index (κ1) is 18.2. The van der Waals surface area contributed by atoms with Crippen molar-refractivity contribution in [1.29, 1.82) is 0 Å². The van der Waals surface area contributed by atoms with E-state index >= 15 is 0 Å². The van der Waals surface area contributed by atoms with Crippen molar-refractivity contribution in [2.75, 3.05) is 13.1 Å². The molecule has 1 aromatic carbocycles. The Bertz CT molecular complexity index is 947. The number of benzene rings is 1. The number of aryl methyl sites for hydroxylation is 1. The van der Waals surface area contributed by atoms with Crippen LogP contribution in [0.5, 0.6) is 0 Å². The van der Waals surface area contributed by atoms with Gasteiger partial charge in [0.05, 0.1) is 17.8 Å². The van der Waals surface area contributed by atoms with Gasteiger partial charge < -0.3 is 4.90 Å². The van der Waals surface area contributed by atoms with Crippen LogP contribution in [0.25, 0.3) is 11.3 Å². The van der Waals surface area contributed by atoms with Gasteiger partial charge in [-0.3, -0.25) is 4.79 Å². The normalized spacial score (nSPS) is 15.0. The molecule has 28 heavy (non-hydrogen) atoms. The molecular formula is C20H20FN5O2. The molecule has 0 unspecified atom stereocenters. The van der Waals surface area contributed by atoms with Crippen LogP contribution in [0.1, 0.15) is 35.8 Å². The van der Waals surface area contributed by atoms with Crippen LogP contribution in [-0.2, 0) is 11.2 Å². The first-order valence-electron chi connectivity index (χ1n) is 9.25. The number of halogens is 1. The SMILES string of the molecule is Cc1nonc1CC(=O)N1CCC(c2ccc(-c3ccc(F)cc3)nn2)CC1. The molecule has 2 aromatic heterocycles. The van der Waals surface area contributed by atoms with Gasteiger partial charge in [-0.15, -0.1) is 0 Å². The third-order valence-electron chi connectivity index (χ3n) is 5.16. The van der Waals surface area contributed by atoms with Crippen molar-refractivity contribution in [3.8, 4) is 11.3 Å². The summed E-state index contributed by atoms with van der Waals surface area (Å²) in [5.74, 6) is 0.0360. The van der Waals surface area contributed by atoms with Gasteiger partial charge in [-0.05, 0) is 56.2 Å². The van der Waals surface area contributed by atoms with Gasteiger partial charge in [0.2, 0.25) is 5.91 Å². The topological polar surface area (TPSA) is 85.0 Å². The monoisotopic (exact) mass is 381 g/mol. The lowest BCUT2D eigenvalue weighted by Crippen LogP contribution is -2.39. The number of nitrogens with zero attached hydrogens (tertiary/aromatic N) is 5. The second kappa shape index (κ2) is 7.84. The number of rotatable bonds is 4. The van der Waals surface area contributed by atoms with E-state index in [9.17, 15) is 9.18 Å². The molecule has 0 radical (unpaired) electrons. The summed E-state index contributed by atoms with van der Waals surface area (Å²) in [6, 6.07) is 10.1. The van der Waals surface area contributed by atoms with Gasteiger partial charge in [0.15, 0.2) is 0 Å². The van der Waals surface area contributed by atoms with Crippen LogP contribution < -0.4 is 0 Å². The van der Waals surface area contributed by atoms with E-state index < -0.39 is 0 Å². The molecule has 0 bridgehead atoms. The van der Waals surface area contributed by atoms with E-state index in [0.717, 1.165) is 24.1 Å². The maximum atomic E-state index is 13.0. The lowest BCUT2D eigenvalue weighted by atomic mass is 9.93. The Morgan fingerprint density at radius 2 is 1.86 bits per heavy atom. The number of carbonyl (C=O) groups excluding carboxylic acids is 1. The maximum absolute atomic E-state index is 13.0. The van der Waals surface area contributed by atoms with Gasteiger partial charge in [-0.25, -0.2) is 9.02 Å². The Hall–Kier alpha value is -3.16. The number of aromatic nitrogens is 4. The zero-order chi connectivity index (χ0) is 19.5. The van der Waals surface area contributed by atoms with E-state index in [0.29, 0.717) is 30.2 Å². The van der Waals surface area contributed by atoms with Gasteiger partial charge in [0, 0.05) is 24.6 Å². The molecule has 1 fully saturated rings. The second-order valence-electron chi connectivity index (χ2n) is 6.98. The molecule has 4 rings (SSSR count). The number of likely N-dealkylation sites (tertiary alicyclic amines) is 1. The van der Waals surface area contributed by atoms with Gasteiger partial charge in [-0.2, -0.15) is 10.2 Å². The highest BCUT2D eigenvalue weighted by Gasteiger charge is 2.26. The summed E-state index contributed by atoms with van der Waals surface area (Å²) in [6.07, 6.45) is 1.89. The third-order valence-corrected chi connectivity index (χ3v) is 5.16. The standard InChI is InChI=1S/C20H20FN5O2/c1-13-19(25-28-24-13)12-20(27)26-10-8-15(9-11-26)18-7-6-17(22-23-18)14-2-4-16(21)5-3-14/h2-7,15H,8-12H2,1H3. The Balaban J connectivity index is 1.35. The summed E-state index contributed by atoms with van der Waals surface area (Å²) in [5.41, 5.74) is 3.72. The third kappa shape index (κ3) is 3.90. The Labute approximate surface area is 161 Å². The molecule has 3 aromatic rings. The lowest BCUT2D eigenvalue weighted by molar-refractivity contribution is -0.131. The lowest BCUT2D eigenvalue weighted by Gasteiger charge is -2.31. The van der Waals surface area contributed by atoms with Crippen LogP contribution in [-0.4, -0.2) is 44.4 Å². The molecule has 0 N–H and O–H groups in total. The van der Waals surface area contributed by atoms with Crippen molar-refractivity contribution in [2.24, 2.45) is 0 Å². The highest BCUT2D eigenvalue weighted by atomic mass is 19.1. The zero-order valence-electron chi connectivity index (χ0n) is 15.5. The van der Waals surface area contributed by atoms with Gasteiger partial charge in [0.1, 0.15) is 17.2 Å². The van der Waals surface area contributed by atoms with Crippen molar-refractivity contribution < 1.29 is 13.8 Å². The van der Waals surface area contributed by atoms with Crippen LogP contribution in [0.4, 0.5) is 4.39 Å². The van der Waals surface area contributed by atoms with E-state index in [1.807, 2.05) is 17.0 Å². The van der Waals surface area contributed by atoms with Crippen molar-refractivity contribution in [3.05, 3.63) is 59.3 Å². The van der Waals surface area contributed by atoms with Crippen LogP contribution in [0.2, 0.25) is 0 Å². The minimum atomic E-state index is -0.274. The number of amides is 1. The average molecular weight is 381 g/mol. The molecule has 1 amide bonds. The molecule has 1 saturated heterocycles. The van der Waals surface area contributed by atoms with Crippen molar-refractivity contribution in [3.63, 3.8) is 0 Å². The molecule has 0 atom stereocenters. The predicted molar refractivity (Wildman–Crippen MR) is 98.7 cm³/mol. The van der Waals surface area contributed by atoms with Gasteiger partial charge >= 0.3 is 0 Å². The fraction of sp³-hybridized carbons (Fsp3) is 0.350. The minimum absolute atomic E-state index is 0.0370. The largest absolute Gasteiger partial charge is 0.342 e. The van der Waals surface area contributed by atoms with Gasteiger partial charge in [0.25, 0.3) is 0 Å². The quantitative estimate of drug-likeness (QED) is 0.691. The molecule has 144 valence electrons. The molecule has 0 spiro atoms. The maximum Gasteiger partial charge on any atom is 0.228 e. The Kier molecular flexibility index (Phi) is 5.10. The van der Waals surface area contributed by atoms with E-state index in [2.05, 4.69) is 25.1 Å². The summed E-state index contributed by atoms with van der Waals surface area (Å²) in [5, 5.41) is 16.1. The fourth-order valence-electron chi connectivity index (χ4n) is 3.42. The number of carbonyl (C=O) groups is 1. The van der Waals surface area contributed by atoms with E-state index in [1.54, 1.807) is 19.1 Å². The van der Waals surface area contributed by atoms with Crippen LogP contribution in [0.15, 0.2) is 41.0 Å². The van der Waals surface area contributed by atoms with Crippen molar-refractivity contribution >= 4 is 5.91 Å². The summed E-state index contributed by atoms with van der Waals surface area (Å²) in [6.45, 7) is 3.13. The second-order valence-corrected chi connectivity index (χ2v) is 6.98. The smallest absolute Gasteiger partial charge is 0.228 e. The summed E-state index contributed by atoms with van der Waals surface area (Å²) >= 11 is 0. The highest BCUT2D eigenvalue weighted by molar-refractivity contribution is 5.78. The highest BCUT2D eigenvalue weighted by Crippen LogP contribution is 2.27. The van der Waals surface area contributed by atoms with Crippen LogP contribution >= 0.6 is 0 Å². The van der Waals surface area contributed by atoms with Crippen molar-refractivity contribution in [1.82, 2.24) is 25.4 Å². The summed E-state index contributed by atoms with van der Waals surface area (Å²) in [7, 11) is 0. The summed E-state index contributed by atoms with van der Waals surface area (Å²) < 4.78 is 17.7. The molecule has 8 heteroatoms.